The topological polar surface area (TPSA) is 59.1 Å². The maximum Gasteiger partial charge on any atom is 0.233 e. The van der Waals surface area contributed by atoms with Gasteiger partial charge in [-0.2, -0.15) is 0 Å². The molecule has 0 bridgehead atoms. The molecule has 0 atom stereocenters. The number of aromatic nitrogens is 1. The van der Waals surface area contributed by atoms with Crippen LogP contribution in [0, 0.1) is 5.41 Å². The van der Waals surface area contributed by atoms with E-state index in [9.17, 15) is 8.42 Å². The molecule has 0 saturated heterocycles. The molecular weight excluding hydrogens is 260 g/mol. The molecule has 1 rings (SSSR count). The largest absolute Gasteiger partial charge is 0.266 e. The van der Waals surface area contributed by atoms with Crippen molar-refractivity contribution in [2.75, 3.05) is 10.5 Å². The van der Waals surface area contributed by atoms with Crippen LogP contribution in [0.15, 0.2) is 18.3 Å². The van der Waals surface area contributed by atoms with Crippen LogP contribution in [0.2, 0.25) is 5.02 Å². The van der Waals surface area contributed by atoms with Gasteiger partial charge in [0.25, 0.3) is 0 Å². The van der Waals surface area contributed by atoms with Gasteiger partial charge < -0.3 is 0 Å². The molecule has 1 aromatic heterocycles. The van der Waals surface area contributed by atoms with Gasteiger partial charge in [0.2, 0.25) is 10.0 Å². The Morgan fingerprint density at radius 2 is 2.06 bits per heavy atom. The lowest BCUT2D eigenvalue weighted by molar-refractivity contribution is 0.397. The van der Waals surface area contributed by atoms with E-state index >= 15 is 0 Å². The van der Waals surface area contributed by atoms with E-state index in [0.717, 1.165) is 0 Å². The molecular formula is C11H17ClN2O2S. The second-order valence-electron chi connectivity index (χ2n) is 5.07. The van der Waals surface area contributed by atoms with Gasteiger partial charge in [-0.3, -0.25) is 4.72 Å². The summed E-state index contributed by atoms with van der Waals surface area (Å²) >= 11 is 5.83. The van der Waals surface area contributed by atoms with Crippen LogP contribution in [0.4, 0.5) is 5.82 Å². The van der Waals surface area contributed by atoms with Crippen LogP contribution in [0.1, 0.15) is 27.2 Å². The number of sulfonamides is 1. The minimum Gasteiger partial charge on any atom is -0.266 e. The molecule has 6 heteroatoms. The predicted molar refractivity (Wildman–Crippen MR) is 70.7 cm³/mol. The molecule has 0 fully saturated rings. The lowest BCUT2D eigenvalue weighted by atomic mass is 9.94. The zero-order chi connectivity index (χ0) is 13.1. The summed E-state index contributed by atoms with van der Waals surface area (Å²) in [7, 11) is -3.39. The van der Waals surface area contributed by atoms with Gasteiger partial charge in [0.15, 0.2) is 5.82 Å². The summed E-state index contributed by atoms with van der Waals surface area (Å²) in [6.45, 7) is 5.99. The maximum absolute atomic E-state index is 11.8. The lowest BCUT2D eigenvalue weighted by Crippen LogP contribution is -2.21. The van der Waals surface area contributed by atoms with Gasteiger partial charge in [0.05, 0.1) is 10.8 Å². The smallest absolute Gasteiger partial charge is 0.233 e. The molecule has 4 nitrogen and oxygen atoms in total. The van der Waals surface area contributed by atoms with E-state index in [4.69, 9.17) is 11.6 Å². The quantitative estimate of drug-likeness (QED) is 0.920. The van der Waals surface area contributed by atoms with E-state index < -0.39 is 10.0 Å². The molecule has 0 aliphatic heterocycles. The first kappa shape index (κ1) is 14.3. The normalized spacial score (nSPS) is 12.5. The first-order chi connectivity index (χ1) is 7.70. The number of hydrogen-bond acceptors (Lipinski definition) is 3. The molecule has 0 saturated carbocycles. The van der Waals surface area contributed by atoms with Crippen LogP contribution in [-0.4, -0.2) is 19.2 Å². The molecule has 1 N–H and O–H groups in total. The molecule has 0 aromatic carbocycles. The average molecular weight is 277 g/mol. The number of pyridine rings is 1. The Morgan fingerprint density at radius 1 is 1.41 bits per heavy atom. The van der Waals surface area contributed by atoms with Crippen molar-refractivity contribution in [1.29, 1.82) is 0 Å². The van der Waals surface area contributed by atoms with E-state index in [1.54, 1.807) is 12.1 Å². The fourth-order valence-electron chi connectivity index (χ4n) is 1.10. The van der Waals surface area contributed by atoms with Gasteiger partial charge in [-0.15, -0.1) is 0 Å². The second kappa shape index (κ2) is 5.23. The summed E-state index contributed by atoms with van der Waals surface area (Å²) < 4.78 is 26.0. The van der Waals surface area contributed by atoms with Gasteiger partial charge >= 0.3 is 0 Å². The summed E-state index contributed by atoms with van der Waals surface area (Å²) in [6.07, 6.45) is 2.07. The minimum absolute atomic E-state index is 0.0251. The molecule has 1 aromatic rings. The van der Waals surface area contributed by atoms with Gasteiger partial charge in [0.1, 0.15) is 0 Å². The van der Waals surface area contributed by atoms with Crippen LogP contribution in [0.5, 0.6) is 0 Å². The predicted octanol–water partition coefficient (Wildman–Crippen LogP) is 2.91. The highest BCUT2D eigenvalue weighted by Gasteiger charge is 2.18. The highest BCUT2D eigenvalue weighted by atomic mass is 35.5. The Morgan fingerprint density at radius 3 is 2.59 bits per heavy atom. The average Bonchev–Trinajstić information content (AvgIpc) is 2.18. The third-order valence-electron chi connectivity index (χ3n) is 2.13. The van der Waals surface area contributed by atoms with Crippen molar-refractivity contribution in [2.24, 2.45) is 5.41 Å². The van der Waals surface area contributed by atoms with E-state index in [0.29, 0.717) is 11.4 Å². The third-order valence-corrected chi connectivity index (χ3v) is 3.68. The fourth-order valence-corrected chi connectivity index (χ4v) is 2.76. The number of halogens is 1. The van der Waals surface area contributed by atoms with Crippen LogP contribution in [0.25, 0.3) is 0 Å². The summed E-state index contributed by atoms with van der Waals surface area (Å²) in [4.78, 5) is 3.89. The van der Waals surface area contributed by atoms with E-state index in [2.05, 4.69) is 9.71 Å². The Labute approximate surface area is 107 Å². The SMILES string of the molecule is CC(C)(C)CCS(=O)(=O)Nc1ncccc1Cl. The molecule has 0 unspecified atom stereocenters. The minimum atomic E-state index is -3.39. The zero-order valence-corrected chi connectivity index (χ0v) is 11.8. The number of nitrogens with one attached hydrogen (secondary N) is 1. The molecule has 0 amide bonds. The van der Waals surface area contributed by atoms with E-state index in [1.807, 2.05) is 20.8 Å². The van der Waals surface area contributed by atoms with E-state index in [-0.39, 0.29) is 17.0 Å². The Balaban J connectivity index is 2.71. The molecule has 96 valence electrons. The molecule has 1 heterocycles. The number of anilines is 1. The maximum atomic E-state index is 11.8. The second-order valence-corrected chi connectivity index (χ2v) is 7.31. The van der Waals surface area contributed by atoms with Crippen molar-refractivity contribution in [3.05, 3.63) is 23.4 Å². The molecule has 0 aliphatic carbocycles. The van der Waals surface area contributed by atoms with Crippen molar-refractivity contribution in [2.45, 2.75) is 27.2 Å². The van der Waals surface area contributed by atoms with Crippen LogP contribution in [0.3, 0.4) is 0 Å². The van der Waals surface area contributed by atoms with Crippen LogP contribution >= 0.6 is 11.6 Å². The standard InChI is InChI=1S/C11H17ClN2O2S/c1-11(2,3)6-8-17(15,16)14-10-9(12)5-4-7-13-10/h4-5,7H,6,8H2,1-3H3,(H,13,14). The highest BCUT2D eigenvalue weighted by molar-refractivity contribution is 7.92. The number of rotatable bonds is 4. The van der Waals surface area contributed by atoms with Crippen LogP contribution in [-0.2, 0) is 10.0 Å². The first-order valence-electron chi connectivity index (χ1n) is 5.31. The van der Waals surface area contributed by atoms with Crippen molar-refractivity contribution in [3.8, 4) is 0 Å². The molecule has 0 spiro atoms. The summed E-state index contributed by atoms with van der Waals surface area (Å²) in [5.41, 5.74) is -0.0251. The third kappa shape index (κ3) is 5.37. The van der Waals surface area contributed by atoms with E-state index in [1.165, 1.54) is 6.20 Å². The zero-order valence-electron chi connectivity index (χ0n) is 10.2. The Bertz CT molecular complexity index is 480. The summed E-state index contributed by atoms with van der Waals surface area (Å²) in [6, 6.07) is 3.24. The first-order valence-corrected chi connectivity index (χ1v) is 7.34. The van der Waals surface area contributed by atoms with Crippen molar-refractivity contribution < 1.29 is 8.42 Å². The van der Waals surface area contributed by atoms with Crippen molar-refractivity contribution >= 4 is 27.4 Å². The monoisotopic (exact) mass is 276 g/mol. The molecule has 0 aliphatic rings. The fraction of sp³-hybridized carbons (Fsp3) is 0.545. The highest BCUT2D eigenvalue weighted by Crippen LogP contribution is 2.22. The molecule has 17 heavy (non-hydrogen) atoms. The van der Waals surface area contributed by atoms with Gasteiger partial charge in [-0.05, 0) is 24.0 Å². The van der Waals surface area contributed by atoms with Crippen molar-refractivity contribution in [1.82, 2.24) is 4.98 Å². The number of nitrogens with zero attached hydrogens (tertiary/aromatic N) is 1. The van der Waals surface area contributed by atoms with Gasteiger partial charge in [0, 0.05) is 6.20 Å². The number of hydrogen-bond donors (Lipinski definition) is 1. The Kier molecular flexibility index (Phi) is 4.38. The van der Waals surface area contributed by atoms with Gasteiger partial charge in [-0.1, -0.05) is 32.4 Å². The summed E-state index contributed by atoms with van der Waals surface area (Å²) in [5, 5.41) is 0.298. The summed E-state index contributed by atoms with van der Waals surface area (Å²) in [5.74, 6) is 0.242. The van der Waals surface area contributed by atoms with Gasteiger partial charge in [-0.25, -0.2) is 13.4 Å². The van der Waals surface area contributed by atoms with Crippen LogP contribution < -0.4 is 4.72 Å². The van der Waals surface area contributed by atoms with Crippen molar-refractivity contribution in [3.63, 3.8) is 0 Å². The molecule has 0 radical (unpaired) electrons. The Hall–Kier alpha value is -0.810. The lowest BCUT2D eigenvalue weighted by Gasteiger charge is -2.18.